The van der Waals surface area contributed by atoms with Crippen LogP contribution < -0.4 is 0 Å². The van der Waals surface area contributed by atoms with E-state index < -0.39 is 0 Å². The predicted molar refractivity (Wildman–Crippen MR) is 99.2 cm³/mol. The van der Waals surface area contributed by atoms with Gasteiger partial charge in [0.1, 0.15) is 11.2 Å². The van der Waals surface area contributed by atoms with E-state index in [0.29, 0.717) is 5.92 Å². The second kappa shape index (κ2) is 6.37. The summed E-state index contributed by atoms with van der Waals surface area (Å²) in [5.41, 5.74) is 2.13. The maximum Gasteiger partial charge on any atom is 0.293 e. The molecule has 1 aliphatic rings. The van der Waals surface area contributed by atoms with E-state index in [1.807, 2.05) is 7.05 Å². The summed E-state index contributed by atoms with van der Waals surface area (Å²) in [5, 5.41) is 5.49. The molecule has 0 saturated carbocycles. The SMILES string of the molecule is CCCCN(C)C(=O)c1nc2c3c4c(sc3ncn2n1)CC[C@@H](C)C4. The summed E-state index contributed by atoms with van der Waals surface area (Å²) in [7, 11) is 1.81. The summed E-state index contributed by atoms with van der Waals surface area (Å²) in [6.07, 6.45) is 7.12. The van der Waals surface area contributed by atoms with Crippen LogP contribution in [-0.4, -0.2) is 44.0 Å². The van der Waals surface area contributed by atoms with Gasteiger partial charge in [0.15, 0.2) is 5.65 Å². The number of hydrogen-bond donors (Lipinski definition) is 0. The van der Waals surface area contributed by atoms with E-state index in [1.54, 1.807) is 27.1 Å². The number of carbonyl (C=O) groups is 1. The highest BCUT2D eigenvalue weighted by Gasteiger charge is 2.25. The Balaban J connectivity index is 1.79. The lowest BCUT2D eigenvalue weighted by Gasteiger charge is -2.17. The average molecular weight is 357 g/mol. The highest BCUT2D eigenvalue weighted by Crippen LogP contribution is 2.38. The van der Waals surface area contributed by atoms with E-state index in [0.717, 1.165) is 48.1 Å². The molecule has 25 heavy (non-hydrogen) atoms. The lowest BCUT2D eigenvalue weighted by atomic mass is 9.89. The second-order valence-electron chi connectivity index (χ2n) is 7.06. The molecule has 3 aromatic rings. The van der Waals surface area contributed by atoms with E-state index in [9.17, 15) is 4.79 Å². The highest BCUT2D eigenvalue weighted by molar-refractivity contribution is 7.19. The zero-order valence-corrected chi connectivity index (χ0v) is 15.8. The van der Waals surface area contributed by atoms with Crippen LogP contribution in [0.1, 0.15) is 54.2 Å². The Bertz CT molecular complexity index is 944. The predicted octanol–water partition coefficient (Wildman–Crippen LogP) is 3.34. The largest absolute Gasteiger partial charge is 0.339 e. The minimum Gasteiger partial charge on any atom is -0.339 e. The van der Waals surface area contributed by atoms with Crippen LogP contribution in [0, 0.1) is 5.92 Å². The molecule has 0 N–H and O–H groups in total. The Morgan fingerprint density at radius 2 is 2.32 bits per heavy atom. The first-order valence-corrected chi connectivity index (χ1v) is 9.81. The molecule has 3 heterocycles. The summed E-state index contributed by atoms with van der Waals surface area (Å²) in [6, 6.07) is 0. The highest BCUT2D eigenvalue weighted by atomic mass is 32.1. The zero-order chi connectivity index (χ0) is 17.6. The third-order valence-corrected chi connectivity index (χ3v) is 6.21. The van der Waals surface area contributed by atoms with E-state index in [-0.39, 0.29) is 11.7 Å². The fourth-order valence-corrected chi connectivity index (χ4v) is 4.68. The normalized spacial score (nSPS) is 17.2. The third-order valence-electron chi connectivity index (χ3n) is 5.01. The molecule has 0 unspecified atom stereocenters. The van der Waals surface area contributed by atoms with E-state index in [2.05, 4.69) is 28.9 Å². The number of unbranched alkanes of at least 4 members (excludes halogenated alkanes) is 1. The van der Waals surface area contributed by atoms with Gasteiger partial charge in [-0.3, -0.25) is 4.79 Å². The number of amides is 1. The van der Waals surface area contributed by atoms with Crippen molar-refractivity contribution >= 4 is 33.1 Å². The van der Waals surface area contributed by atoms with Gasteiger partial charge in [-0.1, -0.05) is 20.3 Å². The standard InChI is InChI=1S/C18H23N5OS/c1-4-5-8-22(3)18(24)15-20-16-14-12-9-11(2)6-7-13(12)25-17(14)19-10-23(16)21-15/h10-11H,4-9H2,1-3H3/t11-/m1/s1. The molecule has 0 aromatic carbocycles. The van der Waals surface area contributed by atoms with Crippen LogP contribution >= 0.6 is 11.3 Å². The number of aromatic nitrogens is 4. The average Bonchev–Trinajstić information content (AvgIpc) is 3.19. The number of thiophene rings is 1. The zero-order valence-electron chi connectivity index (χ0n) is 14.9. The molecule has 4 rings (SSSR count). The van der Waals surface area contributed by atoms with Gasteiger partial charge in [0.2, 0.25) is 5.82 Å². The lowest BCUT2D eigenvalue weighted by molar-refractivity contribution is 0.0781. The topological polar surface area (TPSA) is 63.4 Å². The number of fused-ring (bicyclic) bond motifs is 5. The van der Waals surface area contributed by atoms with Crippen molar-refractivity contribution in [3.8, 4) is 0 Å². The molecule has 1 aliphatic carbocycles. The summed E-state index contributed by atoms with van der Waals surface area (Å²) in [5.74, 6) is 0.814. The Labute approximate surface area is 150 Å². The molecule has 0 radical (unpaired) electrons. The first-order valence-electron chi connectivity index (χ1n) is 8.99. The van der Waals surface area contributed by atoms with Crippen LogP contribution in [0.25, 0.3) is 15.9 Å². The van der Waals surface area contributed by atoms with Crippen LogP contribution in [0.2, 0.25) is 0 Å². The van der Waals surface area contributed by atoms with Crippen molar-refractivity contribution in [1.29, 1.82) is 0 Å². The van der Waals surface area contributed by atoms with Crippen LogP contribution in [0.3, 0.4) is 0 Å². The van der Waals surface area contributed by atoms with Gasteiger partial charge >= 0.3 is 0 Å². The minimum absolute atomic E-state index is 0.122. The Morgan fingerprint density at radius 1 is 1.48 bits per heavy atom. The molecular weight excluding hydrogens is 334 g/mol. The molecule has 1 amide bonds. The minimum atomic E-state index is -0.122. The molecule has 0 bridgehead atoms. The molecule has 0 aliphatic heterocycles. The van der Waals surface area contributed by atoms with Gasteiger partial charge in [-0.2, -0.15) is 0 Å². The van der Waals surface area contributed by atoms with Gasteiger partial charge < -0.3 is 4.90 Å². The van der Waals surface area contributed by atoms with Crippen molar-refractivity contribution in [1.82, 2.24) is 24.5 Å². The van der Waals surface area contributed by atoms with Crippen molar-refractivity contribution in [3.63, 3.8) is 0 Å². The van der Waals surface area contributed by atoms with Gasteiger partial charge in [0, 0.05) is 18.5 Å². The van der Waals surface area contributed by atoms with Crippen molar-refractivity contribution in [2.45, 2.75) is 46.0 Å². The fourth-order valence-electron chi connectivity index (χ4n) is 3.50. The van der Waals surface area contributed by atoms with Gasteiger partial charge in [-0.05, 0) is 37.2 Å². The molecule has 0 fully saturated rings. The first kappa shape index (κ1) is 16.4. The van der Waals surface area contributed by atoms with Gasteiger partial charge in [-0.25, -0.2) is 14.5 Å². The van der Waals surface area contributed by atoms with E-state index in [4.69, 9.17) is 0 Å². The van der Waals surface area contributed by atoms with Crippen LogP contribution in [0.5, 0.6) is 0 Å². The molecule has 6 nitrogen and oxygen atoms in total. The Hall–Kier alpha value is -2.02. The maximum absolute atomic E-state index is 12.6. The van der Waals surface area contributed by atoms with Crippen molar-refractivity contribution in [2.75, 3.05) is 13.6 Å². The number of nitrogens with zero attached hydrogens (tertiary/aromatic N) is 5. The Morgan fingerprint density at radius 3 is 3.12 bits per heavy atom. The molecule has 7 heteroatoms. The van der Waals surface area contributed by atoms with E-state index >= 15 is 0 Å². The molecule has 132 valence electrons. The third kappa shape index (κ3) is 2.80. The second-order valence-corrected chi connectivity index (χ2v) is 8.14. The van der Waals surface area contributed by atoms with Crippen LogP contribution in [-0.2, 0) is 12.8 Å². The van der Waals surface area contributed by atoms with Gasteiger partial charge in [-0.15, -0.1) is 16.4 Å². The van der Waals surface area contributed by atoms with E-state index in [1.165, 1.54) is 16.9 Å². The quantitative estimate of drug-likeness (QED) is 0.718. The maximum atomic E-state index is 12.6. The molecule has 0 saturated heterocycles. The number of rotatable bonds is 4. The molecule has 1 atom stereocenters. The lowest BCUT2D eigenvalue weighted by Crippen LogP contribution is -2.28. The van der Waals surface area contributed by atoms with Crippen LogP contribution in [0.4, 0.5) is 0 Å². The first-order chi connectivity index (χ1) is 12.1. The van der Waals surface area contributed by atoms with Crippen molar-refractivity contribution in [3.05, 3.63) is 22.6 Å². The molecule has 0 spiro atoms. The fraction of sp³-hybridized carbons (Fsp3) is 0.556. The molecule has 3 aromatic heterocycles. The van der Waals surface area contributed by atoms with Crippen molar-refractivity contribution in [2.24, 2.45) is 5.92 Å². The monoisotopic (exact) mass is 357 g/mol. The van der Waals surface area contributed by atoms with Crippen LogP contribution in [0.15, 0.2) is 6.33 Å². The number of carbonyl (C=O) groups excluding carboxylic acids is 1. The smallest absolute Gasteiger partial charge is 0.293 e. The summed E-state index contributed by atoms with van der Waals surface area (Å²) >= 11 is 1.76. The number of aryl methyl sites for hydroxylation is 1. The summed E-state index contributed by atoms with van der Waals surface area (Å²) in [6.45, 7) is 5.13. The van der Waals surface area contributed by atoms with Gasteiger partial charge in [0.05, 0.1) is 5.39 Å². The van der Waals surface area contributed by atoms with Crippen molar-refractivity contribution < 1.29 is 4.79 Å². The van der Waals surface area contributed by atoms with Gasteiger partial charge in [0.25, 0.3) is 5.91 Å². The Kier molecular flexibility index (Phi) is 4.19. The summed E-state index contributed by atoms with van der Waals surface area (Å²) in [4.78, 5) is 25.9. The molecular formula is C18H23N5OS. The number of hydrogen-bond acceptors (Lipinski definition) is 5. The summed E-state index contributed by atoms with van der Waals surface area (Å²) < 4.78 is 1.66.